The molecule has 4 heterocycles. The quantitative estimate of drug-likeness (QED) is 0.0335. The Balaban J connectivity index is 0.866. The van der Waals surface area contributed by atoms with Gasteiger partial charge < -0.3 is 230 Å². The first kappa shape index (κ1) is 99.4. The molecule has 2 saturated heterocycles. The Morgan fingerprint density at radius 2 is 0.473 bits per heavy atom. The molecular formula is C89H62O57. The van der Waals surface area contributed by atoms with Crippen molar-refractivity contribution < 1.29 is 282 Å². The molecule has 0 spiro atoms. The van der Waals surface area contributed by atoms with Crippen LogP contribution in [0.5, 0.6) is 201 Å². The average molecular weight is 2040 g/mol. The SMILES string of the molecule is O=C(OC1OC2COC(=O)c3cc(Oc4c(C(=O)OC5OC6COC(=O)c7cc(Oc8c(C(=O)O)cc(O)c(O)c8O)c(O)c(O)c7-c7c(cc(O)c(O)c7O)C(=O)OC6C(OC(=O)c6cc(O)c(O)c(O)c6)C5OC(=O)c5cc(O)c(O)c(O)c5)cc(O)c(O)c4O)c(O)c(O)c3-c3c(cc(O)c(O)c3O)C(=O)OC2C(OC(=O)c2cc(O)c(O)c(O)c2)C1OC(=O)c1cc(O)c(O)c(O)c1)c1cc(O)c(O)c(O)c1. The van der Waals surface area contributed by atoms with Crippen molar-refractivity contribution >= 4 is 65.7 Å². The van der Waals surface area contributed by atoms with Crippen molar-refractivity contribution in [1.29, 1.82) is 0 Å². The van der Waals surface area contributed by atoms with Gasteiger partial charge in [0.05, 0.1) is 50.1 Å². The largest absolute Gasteiger partial charge is 0.504 e. The lowest BCUT2D eigenvalue weighted by atomic mass is 9.91. The molecule has 15 rings (SSSR count). The third-order valence-electron chi connectivity index (χ3n) is 22.0. The molecule has 146 heavy (non-hydrogen) atoms. The van der Waals surface area contributed by atoms with E-state index in [-0.39, 0.29) is 36.4 Å². The predicted molar refractivity (Wildman–Crippen MR) is 452 cm³/mol. The maximum absolute atomic E-state index is 15.7. The highest BCUT2D eigenvalue weighted by atomic mass is 16.8. The van der Waals surface area contributed by atoms with E-state index in [2.05, 4.69) is 0 Å². The Labute approximate surface area is 801 Å². The van der Waals surface area contributed by atoms with E-state index in [9.17, 15) is 192 Å². The number of fused-ring (bicyclic) bond motifs is 8. The Hall–Kier alpha value is -21.1. The number of phenols is 31. The van der Waals surface area contributed by atoms with Gasteiger partial charge in [-0.25, -0.2) is 52.7 Å². The first-order chi connectivity index (χ1) is 68.7. The van der Waals surface area contributed by atoms with Crippen molar-refractivity contribution in [2.45, 2.75) is 61.4 Å². The van der Waals surface area contributed by atoms with Gasteiger partial charge in [-0.05, 0) is 72.8 Å². The van der Waals surface area contributed by atoms with Crippen LogP contribution >= 0.6 is 0 Å². The molecule has 4 aliphatic heterocycles. The molecule has 57 heteroatoms. The van der Waals surface area contributed by atoms with Crippen LogP contribution in [0.1, 0.15) is 114 Å². The van der Waals surface area contributed by atoms with Crippen LogP contribution in [0.25, 0.3) is 22.3 Å². The average Bonchev–Trinajstić information content (AvgIpc) is 1.66. The predicted octanol–water partition coefficient (Wildman–Crippen LogP) is 4.63. The fraction of sp³-hybridized carbons (Fsp3) is 0.135. The standard InChI is InChI=1S/C89H62O57/c90-30-1-19(2-31(91)52(30)104)78(123)141-73-71-46(137-88(145-82(127)23-9-38(98)56(108)39(99)10-23)75(73)143-80(125)21-5-34(94)54(106)35(95)6-21)17-133-84(129)27-16-45(62(114)66(118)51(27)49-25(85(130)139-71)12-41(101)58(110)64(49)116)136-70-29(14-43(103)60(112)68(70)120)87(132)146-89-76(144-81(126)22-7-36(96)55(107)37(97)8-22)74(142-79(124)20-3-32(92)53(105)33(93)4-20)72-47(138-89)18-134-83(128)26-15-44(135-69-28(77(121)122)13-42(102)59(111)67(69)119)61(113)65(117)50(26)48-24(86(131)140-72)11-40(100)57(109)63(48)115/h1-16,46-47,71-76,88-120H,17-18H2,(H,121,122). The number of ether oxygens (including phenoxy) is 14. The van der Waals surface area contributed by atoms with Crippen LogP contribution in [0.3, 0.4) is 0 Å². The van der Waals surface area contributed by atoms with Crippen LogP contribution in [0.15, 0.2) is 97.1 Å². The molecule has 0 radical (unpaired) electrons. The number of benzene rings is 11. The lowest BCUT2D eigenvalue weighted by Crippen LogP contribution is -2.63. The van der Waals surface area contributed by atoms with Crippen LogP contribution in [0.2, 0.25) is 0 Å². The summed E-state index contributed by atoms with van der Waals surface area (Å²) >= 11 is 0. The number of carboxylic acid groups (broad SMARTS) is 1. The maximum Gasteiger partial charge on any atom is 0.344 e. The number of carboxylic acids is 1. The number of hydrogen-bond donors (Lipinski definition) is 32. The highest BCUT2D eigenvalue weighted by Gasteiger charge is 2.59. The Kier molecular flexibility index (Phi) is 25.4. The minimum atomic E-state index is -3.25. The van der Waals surface area contributed by atoms with E-state index >= 15 is 24.0 Å². The van der Waals surface area contributed by atoms with Gasteiger partial charge in [-0.15, -0.1) is 0 Å². The zero-order valence-electron chi connectivity index (χ0n) is 71.4. The van der Waals surface area contributed by atoms with Crippen LogP contribution in [-0.2, 0) is 56.8 Å². The van der Waals surface area contributed by atoms with E-state index in [1.807, 2.05) is 0 Å². The van der Waals surface area contributed by atoms with Crippen molar-refractivity contribution in [3.8, 4) is 223 Å². The van der Waals surface area contributed by atoms with Gasteiger partial charge in [0, 0.05) is 46.5 Å². The van der Waals surface area contributed by atoms with Gasteiger partial charge >= 0.3 is 65.7 Å². The molecular weight excluding hydrogens is 1980 g/mol. The third kappa shape index (κ3) is 17.7. The monoisotopic (exact) mass is 2040 g/mol. The number of aromatic hydroxyl groups is 31. The highest BCUT2D eigenvalue weighted by Crippen LogP contribution is 2.60. The lowest BCUT2D eigenvalue weighted by Gasteiger charge is -2.43. The first-order valence-corrected chi connectivity index (χ1v) is 40.1. The van der Waals surface area contributed by atoms with Gasteiger partial charge in [0.2, 0.25) is 70.8 Å². The molecule has 0 bridgehead atoms. The fourth-order valence-corrected chi connectivity index (χ4v) is 14.9. The number of hydrogen-bond acceptors (Lipinski definition) is 56. The zero-order valence-corrected chi connectivity index (χ0v) is 71.4. The number of carbonyl (C=O) groups excluding carboxylic acids is 10. The fourth-order valence-electron chi connectivity index (χ4n) is 14.9. The molecule has 10 atom stereocenters. The van der Waals surface area contributed by atoms with E-state index in [0.29, 0.717) is 60.7 Å². The summed E-state index contributed by atoms with van der Waals surface area (Å²) in [4.78, 5) is 162. The van der Waals surface area contributed by atoms with E-state index in [1.54, 1.807) is 0 Å². The molecule has 4 aliphatic rings. The molecule has 32 N–H and O–H groups in total. The van der Waals surface area contributed by atoms with Crippen molar-refractivity contribution in [1.82, 2.24) is 0 Å². The summed E-state index contributed by atoms with van der Waals surface area (Å²) in [6, 6.07) is 4.66. The number of esters is 10. The number of aromatic carboxylic acids is 1. The summed E-state index contributed by atoms with van der Waals surface area (Å²) in [5.74, 6) is -76.3. The normalized spacial score (nSPS) is 18.4. The minimum Gasteiger partial charge on any atom is -0.504 e. The smallest absolute Gasteiger partial charge is 0.344 e. The van der Waals surface area contributed by atoms with Crippen LogP contribution < -0.4 is 9.47 Å². The topological polar surface area (TPSA) is 964 Å². The Bertz CT molecular complexity index is 7380. The first-order valence-electron chi connectivity index (χ1n) is 40.1. The summed E-state index contributed by atoms with van der Waals surface area (Å²) in [5.41, 5.74) is -20.1. The Morgan fingerprint density at radius 1 is 0.240 bits per heavy atom. The van der Waals surface area contributed by atoms with Gasteiger partial charge in [-0.1, -0.05) is 0 Å². The van der Waals surface area contributed by atoms with Gasteiger partial charge in [0.1, 0.15) is 36.5 Å². The summed E-state index contributed by atoms with van der Waals surface area (Å²) < 4.78 is 80.1. The molecule has 0 amide bonds. The van der Waals surface area contributed by atoms with E-state index in [4.69, 9.17) is 66.3 Å². The molecule has 0 aliphatic carbocycles. The van der Waals surface area contributed by atoms with Gasteiger partial charge in [-0.2, -0.15) is 0 Å². The van der Waals surface area contributed by atoms with Crippen molar-refractivity contribution in [2.75, 3.05) is 13.2 Å². The second-order valence-corrected chi connectivity index (χ2v) is 31.1. The molecule has 760 valence electrons. The lowest BCUT2D eigenvalue weighted by molar-refractivity contribution is -0.282. The molecule has 10 unspecified atom stereocenters. The highest BCUT2D eigenvalue weighted by molar-refractivity contribution is 6.11. The molecule has 0 saturated carbocycles. The maximum atomic E-state index is 15.7. The summed E-state index contributed by atoms with van der Waals surface area (Å²) in [7, 11) is 0. The molecule has 0 aromatic heterocycles. The van der Waals surface area contributed by atoms with Crippen LogP contribution in [0, 0.1) is 0 Å². The number of cyclic esters (lactones) is 2. The number of phenolic OH excluding ortho intramolecular Hbond substituents is 31. The zero-order chi connectivity index (χ0) is 107. The van der Waals surface area contributed by atoms with Gasteiger partial charge in [0.15, 0.2) is 180 Å². The summed E-state index contributed by atoms with van der Waals surface area (Å²) in [6.07, 6.45) is -29.3. The third-order valence-corrected chi connectivity index (χ3v) is 22.0. The van der Waals surface area contributed by atoms with Gasteiger partial charge in [0.25, 0.3) is 0 Å². The molecule has 57 nitrogen and oxygen atoms in total. The van der Waals surface area contributed by atoms with Gasteiger partial charge in [-0.3, -0.25) is 0 Å². The summed E-state index contributed by atoms with van der Waals surface area (Å²) in [5, 5.41) is 350. The van der Waals surface area contributed by atoms with Crippen LogP contribution in [0.4, 0.5) is 0 Å². The Morgan fingerprint density at radius 3 is 0.767 bits per heavy atom. The molecule has 2 fully saturated rings. The van der Waals surface area contributed by atoms with E-state index < -0.39 is 425 Å². The summed E-state index contributed by atoms with van der Waals surface area (Å²) in [6.45, 7) is -3.47. The van der Waals surface area contributed by atoms with E-state index in [0.717, 1.165) is 0 Å². The molecule has 11 aromatic carbocycles. The number of carbonyl (C=O) groups is 11. The van der Waals surface area contributed by atoms with Crippen molar-refractivity contribution in [2.24, 2.45) is 0 Å². The van der Waals surface area contributed by atoms with Crippen molar-refractivity contribution in [3.63, 3.8) is 0 Å². The molecule has 11 aromatic rings. The number of rotatable bonds is 17. The minimum absolute atomic E-state index is 0.0301. The van der Waals surface area contributed by atoms with E-state index in [1.165, 1.54) is 0 Å². The van der Waals surface area contributed by atoms with Crippen molar-refractivity contribution in [3.05, 3.63) is 158 Å². The van der Waals surface area contributed by atoms with Crippen LogP contribution in [-0.4, -0.2) is 304 Å². The second-order valence-electron chi connectivity index (χ2n) is 31.1. The second kappa shape index (κ2) is 37.3.